The van der Waals surface area contributed by atoms with E-state index >= 15 is 0 Å². The van der Waals surface area contributed by atoms with Crippen LogP contribution < -0.4 is 0 Å². The molecule has 0 saturated heterocycles. The Kier molecular flexibility index (Phi) is 3.47. The van der Waals surface area contributed by atoms with Crippen molar-refractivity contribution in [3.05, 3.63) is 29.6 Å². The van der Waals surface area contributed by atoms with Crippen molar-refractivity contribution in [2.75, 3.05) is 0 Å². The van der Waals surface area contributed by atoms with Gasteiger partial charge in [0.25, 0.3) is 0 Å². The summed E-state index contributed by atoms with van der Waals surface area (Å²) in [6.07, 6.45) is -4.64. The van der Waals surface area contributed by atoms with Crippen molar-refractivity contribution in [3.63, 3.8) is 0 Å². The summed E-state index contributed by atoms with van der Waals surface area (Å²) >= 11 is 0. The molecule has 0 saturated carbocycles. The van der Waals surface area contributed by atoms with E-state index in [1.807, 2.05) is 0 Å². The Hall–Kier alpha value is -2.05. The normalized spacial score (nSPS) is 12.9. The number of carboxylic acid groups (broad SMARTS) is 1. The molecule has 0 aliphatic carbocycles. The number of para-hydroxylation sites is 1. The van der Waals surface area contributed by atoms with E-state index < -0.39 is 23.4 Å². The largest absolute Gasteiger partial charge is 0.478 e. The van der Waals surface area contributed by atoms with Crippen LogP contribution in [0, 0.1) is 5.41 Å². The summed E-state index contributed by atoms with van der Waals surface area (Å²) < 4.78 is 40.5. The van der Waals surface area contributed by atoms with Crippen LogP contribution in [-0.2, 0) is 12.7 Å². The second-order valence-electron chi connectivity index (χ2n) is 6.06. The van der Waals surface area contributed by atoms with Crippen LogP contribution in [0.25, 0.3) is 11.0 Å². The Morgan fingerprint density at radius 1 is 1.29 bits per heavy atom. The quantitative estimate of drug-likeness (QED) is 0.917. The zero-order valence-corrected chi connectivity index (χ0v) is 11.8. The maximum absolute atomic E-state index is 13.2. The predicted molar refractivity (Wildman–Crippen MR) is 71.1 cm³/mol. The van der Waals surface area contributed by atoms with Gasteiger partial charge in [-0.05, 0) is 17.5 Å². The lowest BCUT2D eigenvalue weighted by atomic mass is 9.96. The molecule has 0 atom stereocenters. The van der Waals surface area contributed by atoms with Gasteiger partial charge in [0, 0.05) is 6.54 Å². The lowest BCUT2D eigenvalue weighted by Crippen LogP contribution is -2.21. The van der Waals surface area contributed by atoms with E-state index in [-0.39, 0.29) is 23.1 Å². The number of nitrogens with zero attached hydrogens (tertiary/aromatic N) is 2. The first-order chi connectivity index (χ1) is 9.50. The average molecular weight is 300 g/mol. The van der Waals surface area contributed by atoms with E-state index in [0.717, 1.165) is 4.57 Å². The van der Waals surface area contributed by atoms with Gasteiger partial charge in [0.05, 0.1) is 11.1 Å². The number of halogens is 3. The van der Waals surface area contributed by atoms with Gasteiger partial charge in [-0.2, -0.15) is 13.2 Å². The fraction of sp³-hybridized carbons (Fsp3) is 0.429. The number of aromatic nitrogens is 2. The van der Waals surface area contributed by atoms with Crippen molar-refractivity contribution < 1.29 is 23.1 Å². The molecular weight excluding hydrogens is 285 g/mol. The third-order valence-electron chi connectivity index (χ3n) is 2.90. The van der Waals surface area contributed by atoms with Gasteiger partial charge in [-0.15, -0.1) is 0 Å². The van der Waals surface area contributed by atoms with E-state index in [4.69, 9.17) is 5.11 Å². The van der Waals surface area contributed by atoms with Crippen molar-refractivity contribution in [1.29, 1.82) is 0 Å². The molecule has 1 aromatic carbocycles. The van der Waals surface area contributed by atoms with E-state index in [1.165, 1.54) is 18.2 Å². The van der Waals surface area contributed by atoms with Crippen molar-refractivity contribution in [2.24, 2.45) is 5.41 Å². The minimum Gasteiger partial charge on any atom is -0.478 e. The Morgan fingerprint density at radius 2 is 1.90 bits per heavy atom. The summed E-state index contributed by atoms with van der Waals surface area (Å²) in [5.74, 6) is -2.36. The topological polar surface area (TPSA) is 55.1 Å². The lowest BCUT2D eigenvalue weighted by molar-refractivity contribution is -0.147. The highest BCUT2D eigenvalue weighted by Crippen LogP contribution is 2.34. The summed E-state index contributed by atoms with van der Waals surface area (Å²) in [6.45, 7) is 5.50. The van der Waals surface area contributed by atoms with Gasteiger partial charge in [-0.3, -0.25) is 0 Å². The van der Waals surface area contributed by atoms with E-state index in [9.17, 15) is 18.0 Å². The molecule has 2 rings (SSSR count). The third-order valence-corrected chi connectivity index (χ3v) is 2.90. The smallest absolute Gasteiger partial charge is 0.449 e. The number of fused-ring (bicyclic) bond motifs is 1. The number of alkyl halides is 3. The number of rotatable bonds is 2. The second-order valence-corrected chi connectivity index (χ2v) is 6.06. The van der Waals surface area contributed by atoms with Crippen LogP contribution in [0.4, 0.5) is 13.2 Å². The number of benzene rings is 1. The summed E-state index contributed by atoms with van der Waals surface area (Å²) in [6, 6.07) is 4.13. The zero-order valence-electron chi connectivity index (χ0n) is 11.8. The van der Waals surface area contributed by atoms with Crippen molar-refractivity contribution >= 4 is 17.0 Å². The number of carboxylic acids is 1. The Balaban J connectivity index is 2.79. The van der Waals surface area contributed by atoms with Gasteiger partial charge in [0.2, 0.25) is 5.82 Å². The summed E-state index contributed by atoms with van der Waals surface area (Å²) in [4.78, 5) is 14.7. The molecule has 0 spiro atoms. The van der Waals surface area contributed by atoms with Gasteiger partial charge in [-0.25, -0.2) is 9.78 Å². The number of imidazole rings is 1. The van der Waals surface area contributed by atoms with Gasteiger partial charge < -0.3 is 9.67 Å². The standard InChI is InChI=1S/C14H15F3N2O2/c1-13(2,3)7-19-9-6-4-5-8(11(20)21)10(9)18-12(19)14(15,16)17/h4-6H,7H2,1-3H3,(H,20,21). The molecule has 0 aliphatic heterocycles. The highest BCUT2D eigenvalue weighted by Gasteiger charge is 2.38. The molecule has 0 fully saturated rings. The molecule has 0 amide bonds. The fourth-order valence-electron chi connectivity index (χ4n) is 2.17. The second kappa shape index (κ2) is 4.75. The molecule has 1 heterocycles. The molecule has 114 valence electrons. The van der Waals surface area contributed by atoms with Gasteiger partial charge >= 0.3 is 12.1 Å². The third kappa shape index (κ3) is 3.01. The fourth-order valence-corrected chi connectivity index (χ4v) is 2.17. The molecule has 0 unspecified atom stereocenters. The zero-order chi connectivity index (χ0) is 16.0. The van der Waals surface area contributed by atoms with Crippen LogP contribution in [0.2, 0.25) is 0 Å². The molecule has 1 aromatic heterocycles. The van der Waals surface area contributed by atoms with Crippen LogP contribution in [0.15, 0.2) is 18.2 Å². The van der Waals surface area contributed by atoms with Crippen LogP contribution >= 0.6 is 0 Å². The number of carbonyl (C=O) groups is 1. The highest BCUT2D eigenvalue weighted by molar-refractivity contribution is 6.01. The first kappa shape index (κ1) is 15.3. The minimum absolute atomic E-state index is 0.0847. The Morgan fingerprint density at radius 3 is 2.38 bits per heavy atom. The molecule has 0 radical (unpaired) electrons. The highest BCUT2D eigenvalue weighted by atomic mass is 19.4. The van der Waals surface area contributed by atoms with Crippen LogP contribution in [-0.4, -0.2) is 20.6 Å². The van der Waals surface area contributed by atoms with E-state index in [2.05, 4.69) is 4.98 Å². The molecule has 0 aliphatic rings. The van der Waals surface area contributed by atoms with Crippen LogP contribution in [0.5, 0.6) is 0 Å². The number of hydrogen-bond donors (Lipinski definition) is 1. The van der Waals surface area contributed by atoms with Crippen LogP contribution in [0.3, 0.4) is 0 Å². The Bertz CT molecular complexity index is 697. The Labute approximate surface area is 119 Å². The summed E-state index contributed by atoms with van der Waals surface area (Å²) in [5, 5.41) is 9.09. The van der Waals surface area contributed by atoms with Gasteiger partial charge in [0.15, 0.2) is 0 Å². The molecule has 2 aromatic rings. The van der Waals surface area contributed by atoms with E-state index in [0.29, 0.717) is 0 Å². The molecule has 7 heteroatoms. The summed E-state index contributed by atoms with van der Waals surface area (Å²) in [7, 11) is 0. The van der Waals surface area contributed by atoms with Crippen molar-refractivity contribution in [2.45, 2.75) is 33.5 Å². The monoisotopic (exact) mass is 300 g/mol. The summed E-state index contributed by atoms with van der Waals surface area (Å²) in [5.41, 5.74) is -0.600. The lowest BCUT2D eigenvalue weighted by Gasteiger charge is -2.21. The molecule has 1 N–H and O–H groups in total. The van der Waals surface area contributed by atoms with E-state index in [1.54, 1.807) is 20.8 Å². The number of hydrogen-bond acceptors (Lipinski definition) is 2. The first-order valence-corrected chi connectivity index (χ1v) is 6.30. The molecule has 4 nitrogen and oxygen atoms in total. The van der Waals surface area contributed by atoms with Crippen molar-refractivity contribution in [1.82, 2.24) is 9.55 Å². The predicted octanol–water partition coefficient (Wildman–Crippen LogP) is 3.80. The maximum Gasteiger partial charge on any atom is 0.449 e. The van der Waals surface area contributed by atoms with Gasteiger partial charge in [-0.1, -0.05) is 26.8 Å². The van der Waals surface area contributed by atoms with Crippen molar-refractivity contribution in [3.8, 4) is 0 Å². The minimum atomic E-state index is -4.64. The molecular formula is C14H15F3N2O2. The SMILES string of the molecule is CC(C)(C)Cn1c(C(F)(F)F)nc2c(C(=O)O)cccc21. The van der Waals surface area contributed by atoms with Gasteiger partial charge in [0.1, 0.15) is 5.52 Å². The molecule has 0 bridgehead atoms. The maximum atomic E-state index is 13.2. The number of aromatic carboxylic acids is 1. The molecule has 21 heavy (non-hydrogen) atoms. The first-order valence-electron chi connectivity index (χ1n) is 6.30. The average Bonchev–Trinajstić information content (AvgIpc) is 2.65. The van der Waals surface area contributed by atoms with Crippen LogP contribution in [0.1, 0.15) is 37.0 Å².